The number of hydrogen-bond acceptors (Lipinski definition) is 7. The van der Waals surface area contributed by atoms with Crippen molar-refractivity contribution in [3.63, 3.8) is 0 Å². The predicted molar refractivity (Wildman–Crippen MR) is 121 cm³/mol. The molecule has 0 radical (unpaired) electrons. The monoisotopic (exact) mass is 467 g/mol. The fourth-order valence-electron chi connectivity index (χ4n) is 3.26. The van der Waals surface area contributed by atoms with Crippen molar-refractivity contribution < 1.29 is 13.2 Å². The number of halogens is 3. The van der Waals surface area contributed by atoms with Gasteiger partial charge in [-0.1, -0.05) is 18.2 Å². The van der Waals surface area contributed by atoms with Gasteiger partial charge in [-0.05, 0) is 41.3 Å². The van der Waals surface area contributed by atoms with Crippen molar-refractivity contribution in [2.24, 2.45) is 0 Å². The normalized spacial score (nSPS) is 11.6. The topological polar surface area (TPSA) is 80.6 Å². The second-order valence-electron chi connectivity index (χ2n) is 7.06. The number of rotatable bonds is 6. The van der Waals surface area contributed by atoms with E-state index in [-0.39, 0.29) is 12.5 Å². The van der Waals surface area contributed by atoms with Crippen molar-refractivity contribution in [2.45, 2.75) is 12.7 Å². The molecule has 11 heteroatoms. The fraction of sp³-hybridized carbons (Fsp3) is 0.0909. The maximum atomic E-state index is 13.1. The molecule has 0 saturated carbocycles. The lowest BCUT2D eigenvalue weighted by molar-refractivity contribution is -0.137. The number of hydrogen-bond donors (Lipinski definition) is 2. The molecule has 0 aliphatic carbocycles. The van der Waals surface area contributed by atoms with Crippen LogP contribution in [0.2, 0.25) is 0 Å². The van der Waals surface area contributed by atoms with Crippen LogP contribution in [-0.4, -0.2) is 24.5 Å². The molecule has 7 nitrogen and oxygen atoms in total. The Morgan fingerprint density at radius 1 is 1.00 bits per heavy atom. The van der Waals surface area contributed by atoms with E-state index in [9.17, 15) is 13.2 Å². The highest BCUT2D eigenvalue weighted by molar-refractivity contribution is 7.08. The third kappa shape index (κ3) is 4.48. The summed E-state index contributed by atoms with van der Waals surface area (Å²) in [5, 5.41) is 10.1. The van der Waals surface area contributed by atoms with Gasteiger partial charge in [0, 0.05) is 18.1 Å². The highest BCUT2D eigenvalue weighted by atomic mass is 32.1. The highest BCUT2D eigenvalue weighted by Gasteiger charge is 2.30. The van der Waals surface area contributed by atoms with Gasteiger partial charge in [0.1, 0.15) is 12.1 Å². The summed E-state index contributed by atoms with van der Waals surface area (Å²) >= 11 is 1.54. The molecule has 0 spiro atoms. The molecule has 166 valence electrons. The molecule has 5 aromatic rings. The van der Waals surface area contributed by atoms with Crippen LogP contribution < -0.4 is 10.6 Å². The van der Waals surface area contributed by atoms with Gasteiger partial charge in [-0.2, -0.15) is 34.5 Å². The number of aromatic nitrogens is 5. The van der Waals surface area contributed by atoms with Gasteiger partial charge in [-0.25, -0.2) is 9.97 Å². The lowest BCUT2D eigenvalue weighted by atomic mass is 10.1. The number of anilines is 3. The zero-order valence-corrected chi connectivity index (χ0v) is 17.7. The van der Waals surface area contributed by atoms with Gasteiger partial charge in [-0.3, -0.25) is 4.57 Å². The smallest absolute Gasteiger partial charge is 0.364 e. The predicted octanol–water partition coefficient (Wildman–Crippen LogP) is 5.65. The molecular formula is C22H16F3N7S. The van der Waals surface area contributed by atoms with Crippen LogP contribution in [0.15, 0.2) is 71.8 Å². The molecule has 5 rings (SSSR count). The SMILES string of the molecule is FC(F)(F)c1cccc(CNc2nc(Nc3ccccn3)nc3c2ncn3-c2ccsc2)c1. The fourth-order valence-corrected chi connectivity index (χ4v) is 3.89. The van der Waals surface area contributed by atoms with E-state index in [1.807, 2.05) is 27.5 Å². The van der Waals surface area contributed by atoms with Crippen LogP contribution in [0.3, 0.4) is 0 Å². The molecule has 0 fully saturated rings. The number of alkyl halides is 3. The van der Waals surface area contributed by atoms with Crippen LogP contribution in [0, 0.1) is 0 Å². The molecule has 33 heavy (non-hydrogen) atoms. The van der Waals surface area contributed by atoms with Gasteiger partial charge < -0.3 is 10.6 Å². The van der Waals surface area contributed by atoms with Crippen LogP contribution in [0.25, 0.3) is 16.9 Å². The summed E-state index contributed by atoms with van der Waals surface area (Å²) in [4.78, 5) is 17.8. The van der Waals surface area contributed by atoms with E-state index in [0.29, 0.717) is 28.4 Å². The van der Waals surface area contributed by atoms with Gasteiger partial charge in [0.2, 0.25) is 5.95 Å². The summed E-state index contributed by atoms with van der Waals surface area (Å²) in [5.74, 6) is 1.23. The second-order valence-corrected chi connectivity index (χ2v) is 7.84. The zero-order valence-electron chi connectivity index (χ0n) is 16.9. The van der Waals surface area contributed by atoms with Crippen LogP contribution in [-0.2, 0) is 12.7 Å². The van der Waals surface area contributed by atoms with Gasteiger partial charge in [-0.15, -0.1) is 0 Å². The Bertz CT molecular complexity index is 1380. The Morgan fingerprint density at radius 3 is 2.67 bits per heavy atom. The third-order valence-electron chi connectivity index (χ3n) is 4.80. The molecule has 4 aromatic heterocycles. The zero-order chi connectivity index (χ0) is 22.8. The first-order valence-corrected chi connectivity index (χ1v) is 10.8. The molecule has 0 aliphatic rings. The van der Waals surface area contributed by atoms with Crippen molar-refractivity contribution in [3.8, 4) is 5.69 Å². The average Bonchev–Trinajstić information content (AvgIpc) is 3.48. The molecule has 0 bridgehead atoms. The number of thiophene rings is 1. The van der Waals surface area contributed by atoms with E-state index in [2.05, 4.69) is 30.6 Å². The van der Waals surface area contributed by atoms with Crippen molar-refractivity contribution in [3.05, 3.63) is 82.9 Å². The Morgan fingerprint density at radius 2 is 1.91 bits per heavy atom. The molecule has 0 amide bonds. The first-order valence-electron chi connectivity index (χ1n) is 9.83. The second kappa shape index (κ2) is 8.51. The van der Waals surface area contributed by atoms with Crippen LogP contribution >= 0.6 is 11.3 Å². The lowest BCUT2D eigenvalue weighted by Gasteiger charge is -2.12. The Kier molecular flexibility index (Phi) is 5.38. The first-order chi connectivity index (χ1) is 16.0. The number of nitrogens with zero attached hydrogens (tertiary/aromatic N) is 5. The van der Waals surface area contributed by atoms with E-state index in [1.54, 1.807) is 42.1 Å². The molecule has 0 saturated heterocycles. The van der Waals surface area contributed by atoms with Crippen molar-refractivity contribution in [1.29, 1.82) is 0 Å². The standard InChI is InChI=1S/C22H16F3N7S/c23-22(24,25)15-5-3-4-14(10-15)11-27-19-18-20(32(13-28-18)16-7-9-33-12-16)31-21(30-19)29-17-6-1-2-8-26-17/h1-10,12-13H,11H2,(H2,26,27,29,30,31). The minimum Gasteiger partial charge on any atom is -0.364 e. The molecule has 0 unspecified atom stereocenters. The van der Waals surface area contributed by atoms with E-state index in [0.717, 1.165) is 17.8 Å². The number of imidazole rings is 1. The number of fused-ring (bicyclic) bond motifs is 1. The van der Waals surface area contributed by atoms with Gasteiger partial charge in [0.05, 0.1) is 11.3 Å². The number of benzene rings is 1. The molecule has 0 atom stereocenters. The summed E-state index contributed by atoms with van der Waals surface area (Å²) < 4.78 is 41.0. The minimum atomic E-state index is -4.41. The average molecular weight is 467 g/mol. The summed E-state index contributed by atoms with van der Waals surface area (Å²) in [6, 6.07) is 12.5. The Labute approximate surface area is 190 Å². The third-order valence-corrected chi connectivity index (χ3v) is 5.47. The van der Waals surface area contributed by atoms with E-state index >= 15 is 0 Å². The van der Waals surface area contributed by atoms with Crippen molar-refractivity contribution in [2.75, 3.05) is 10.6 Å². The van der Waals surface area contributed by atoms with Crippen molar-refractivity contribution >= 4 is 40.1 Å². The van der Waals surface area contributed by atoms with Gasteiger partial charge in [0.15, 0.2) is 17.0 Å². The summed E-state index contributed by atoms with van der Waals surface area (Å²) in [7, 11) is 0. The van der Waals surface area contributed by atoms with Gasteiger partial charge in [0.25, 0.3) is 0 Å². The maximum Gasteiger partial charge on any atom is 0.416 e. The summed E-state index contributed by atoms with van der Waals surface area (Å²) in [5.41, 5.74) is 1.71. The number of pyridine rings is 1. The number of nitrogens with one attached hydrogen (secondary N) is 2. The minimum absolute atomic E-state index is 0.129. The quantitative estimate of drug-likeness (QED) is 0.336. The van der Waals surface area contributed by atoms with E-state index in [4.69, 9.17) is 0 Å². The van der Waals surface area contributed by atoms with Crippen LogP contribution in [0.5, 0.6) is 0 Å². The Hall–Kier alpha value is -3.99. The van der Waals surface area contributed by atoms with Gasteiger partial charge >= 0.3 is 6.18 Å². The molecule has 4 heterocycles. The lowest BCUT2D eigenvalue weighted by Crippen LogP contribution is -2.09. The molecular weight excluding hydrogens is 451 g/mol. The van der Waals surface area contributed by atoms with Crippen molar-refractivity contribution in [1.82, 2.24) is 24.5 Å². The molecule has 0 aliphatic heterocycles. The van der Waals surface area contributed by atoms with E-state index in [1.165, 1.54) is 6.07 Å². The maximum absolute atomic E-state index is 13.1. The molecule has 2 N–H and O–H groups in total. The highest BCUT2D eigenvalue weighted by Crippen LogP contribution is 2.30. The summed E-state index contributed by atoms with van der Waals surface area (Å²) in [6.45, 7) is 0.129. The summed E-state index contributed by atoms with van der Waals surface area (Å²) in [6.07, 6.45) is -1.12. The Balaban J connectivity index is 1.51. The van der Waals surface area contributed by atoms with Crippen LogP contribution in [0.4, 0.5) is 30.8 Å². The molecule has 1 aromatic carbocycles. The van der Waals surface area contributed by atoms with Crippen LogP contribution in [0.1, 0.15) is 11.1 Å². The first kappa shape index (κ1) is 20.9. The largest absolute Gasteiger partial charge is 0.416 e. The van der Waals surface area contributed by atoms with E-state index < -0.39 is 11.7 Å².